The second-order valence-corrected chi connectivity index (χ2v) is 4.61. The van der Waals surface area contributed by atoms with Crippen molar-refractivity contribution in [1.29, 1.82) is 0 Å². The average Bonchev–Trinajstić information content (AvgIpc) is 2.39. The largest absolute Gasteiger partial charge is 0.462 e. The molecule has 1 atom stereocenters. The van der Waals surface area contributed by atoms with Gasteiger partial charge in [0.05, 0.1) is 18.2 Å². The number of carbonyl (C=O) groups excluding carboxylic acids is 1. The maximum Gasteiger partial charge on any atom is 0.341 e. The van der Waals surface area contributed by atoms with Crippen LogP contribution in [0.4, 0.5) is 0 Å². The van der Waals surface area contributed by atoms with Crippen molar-refractivity contribution in [2.45, 2.75) is 32.8 Å². The van der Waals surface area contributed by atoms with Crippen molar-refractivity contribution in [3.05, 3.63) is 23.3 Å². The Morgan fingerprint density at radius 1 is 1.47 bits per heavy atom. The SMILES string of the molecule is CCOC(=O)c1cnc(C(OC)C(C)C)nc1CCl. The first-order chi connectivity index (χ1) is 9.04. The smallest absolute Gasteiger partial charge is 0.341 e. The van der Waals surface area contributed by atoms with Crippen LogP contribution < -0.4 is 0 Å². The highest BCUT2D eigenvalue weighted by Crippen LogP contribution is 2.23. The maximum absolute atomic E-state index is 11.7. The lowest BCUT2D eigenvalue weighted by Gasteiger charge is -2.18. The molecule has 19 heavy (non-hydrogen) atoms. The van der Waals surface area contributed by atoms with E-state index >= 15 is 0 Å². The fraction of sp³-hybridized carbons (Fsp3) is 0.615. The molecule has 0 aliphatic heterocycles. The van der Waals surface area contributed by atoms with Gasteiger partial charge in [0.2, 0.25) is 0 Å². The zero-order chi connectivity index (χ0) is 14.4. The van der Waals surface area contributed by atoms with Crippen molar-refractivity contribution in [2.75, 3.05) is 13.7 Å². The molecule has 0 saturated heterocycles. The number of rotatable bonds is 6. The molecule has 1 unspecified atom stereocenters. The molecule has 0 amide bonds. The third-order valence-electron chi connectivity index (χ3n) is 2.62. The third-order valence-corrected chi connectivity index (χ3v) is 2.88. The summed E-state index contributed by atoms with van der Waals surface area (Å²) in [4.78, 5) is 20.2. The van der Waals surface area contributed by atoms with E-state index in [2.05, 4.69) is 9.97 Å². The Kier molecular flexibility index (Phi) is 6.18. The standard InChI is InChI=1S/C13H19ClN2O3/c1-5-19-13(17)9-7-15-12(16-10(9)6-14)11(18-4)8(2)3/h7-8,11H,5-6H2,1-4H3. The molecule has 0 bridgehead atoms. The highest BCUT2D eigenvalue weighted by molar-refractivity contribution is 6.17. The zero-order valence-electron chi connectivity index (χ0n) is 11.6. The minimum atomic E-state index is -0.455. The topological polar surface area (TPSA) is 61.3 Å². The van der Waals surface area contributed by atoms with Crippen molar-refractivity contribution in [3.63, 3.8) is 0 Å². The Morgan fingerprint density at radius 2 is 2.16 bits per heavy atom. The number of halogens is 1. The highest BCUT2D eigenvalue weighted by Gasteiger charge is 2.21. The first-order valence-corrected chi connectivity index (χ1v) is 6.70. The summed E-state index contributed by atoms with van der Waals surface area (Å²) in [7, 11) is 1.60. The van der Waals surface area contributed by atoms with Crippen molar-refractivity contribution >= 4 is 17.6 Å². The second kappa shape index (κ2) is 7.40. The molecule has 1 aromatic rings. The summed E-state index contributed by atoms with van der Waals surface area (Å²) in [5.41, 5.74) is 0.770. The van der Waals surface area contributed by atoms with Gasteiger partial charge < -0.3 is 9.47 Å². The first kappa shape index (κ1) is 15.9. The van der Waals surface area contributed by atoms with Gasteiger partial charge in [-0.05, 0) is 12.8 Å². The summed E-state index contributed by atoms with van der Waals surface area (Å²) in [5, 5.41) is 0. The number of ether oxygens (including phenoxy) is 2. The van der Waals surface area contributed by atoms with Crippen LogP contribution in [-0.2, 0) is 15.4 Å². The van der Waals surface area contributed by atoms with Gasteiger partial charge in [0.25, 0.3) is 0 Å². The van der Waals surface area contributed by atoms with Crippen LogP contribution in [0.3, 0.4) is 0 Å². The molecule has 1 rings (SSSR count). The van der Waals surface area contributed by atoms with Crippen molar-refractivity contribution in [1.82, 2.24) is 9.97 Å². The molecular formula is C13H19ClN2O3. The van der Waals surface area contributed by atoms with Crippen LogP contribution in [0.1, 0.15) is 48.8 Å². The number of esters is 1. The molecule has 0 aromatic carbocycles. The number of hydrogen-bond donors (Lipinski definition) is 0. The molecular weight excluding hydrogens is 268 g/mol. The van der Waals surface area contributed by atoms with Gasteiger partial charge in [-0.3, -0.25) is 0 Å². The normalized spacial score (nSPS) is 12.5. The lowest BCUT2D eigenvalue weighted by atomic mass is 10.1. The zero-order valence-corrected chi connectivity index (χ0v) is 12.4. The van der Waals surface area contributed by atoms with Crippen LogP contribution >= 0.6 is 11.6 Å². The van der Waals surface area contributed by atoms with Gasteiger partial charge in [0, 0.05) is 13.3 Å². The molecule has 0 N–H and O–H groups in total. The summed E-state index contributed by atoms with van der Waals surface area (Å²) in [6.07, 6.45) is 1.23. The quantitative estimate of drug-likeness (QED) is 0.594. The molecule has 0 radical (unpaired) electrons. The maximum atomic E-state index is 11.7. The third kappa shape index (κ3) is 3.88. The summed E-state index contributed by atoms with van der Waals surface area (Å²) >= 11 is 5.84. The van der Waals surface area contributed by atoms with Gasteiger partial charge in [0.1, 0.15) is 11.7 Å². The van der Waals surface area contributed by atoms with Crippen molar-refractivity contribution in [2.24, 2.45) is 5.92 Å². The van der Waals surface area contributed by atoms with Crippen molar-refractivity contribution < 1.29 is 14.3 Å². The summed E-state index contributed by atoms with van der Waals surface area (Å²) in [6.45, 7) is 6.07. The minimum Gasteiger partial charge on any atom is -0.462 e. The summed E-state index contributed by atoms with van der Waals surface area (Å²) < 4.78 is 10.3. The van der Waals surface area contributed by atoms with Gasteiger partial charge in [-0.1, -0.05) is 13.8 Å². The van der Waals surface area contributed by atoms with Crippen LogP contribution in [0, 0.1) is 5.92 Å². The highest BCUT2D eigenvalue weighted by atomic mass is 35.5. The van der Waals surface area contributed by atoms with E-state index in [1.165, 1.54) is 6.20 Å². The van der Waals surface area contributed by atoms with E-state index in [4.69, 9.17) is 21.1 Å². The molecule has 0 aliphatic rings. The van der Waals surface area contributed by atoms with Gasteiger partial charge in [-0.2, -0.15) is 0 Å². The molecule has 0 spiro atoms. The van der Waals surface area contributed by atoms with E-state index in [0.717, 1.165) is 0 Å². The average molecular weight is 287 g/mol. The van der Waals surface area contributed by atoms with Crippen LogP contribution in [-0.4, -0.2) is 29.7 Å². The molecule has 106 valence electrons. The Balaban J connectivity index is 3.11. The second-order valence-electron chi connectivity index (χ2n) is 4.34. The fourth-order valence-electron chi connectivity index (χ4n) is 1.73. The molecule has 1 aromatic heterocycles. The molecule has 1 heterocycles. The number of alkyl halides is 1. The van der Waals surface area contributed by atoms with Gasteiger partial charge in [0.15, 0.2) is 5.82 Å². The van der Waals surface area contributed by atoms with Gasteiger partial charge in [-0.15, -0.1) is 11.6 Å². The predicted molar refractivity (Wildman–Crippen MR) is 72.1 cm³/mol. The number of aromatic nitrogens is 2. The number of nitrogens with zero attached hydrogens (tertiary/aromatic N) is 2. The summed E-state index contributed by atoms with van der Waals surface area (Å²) in [5.74, 6) is 0.420. The lowest BCUT2D eigenvalue weighted by molar-refractivity contribution is 0.0515. The molecule has 6 heteroatoms. The molecule has 0 saturated carbocycles. The Labute approximate surface area is 118 Å². The van der Waals surface area contributed by atoms with Crippen LogP contribution in [0.5, 0.6) is 0 Å². The van der Waals surface area contributed by atoms with Gasteiger partial charge >= 0.3 is 5.97 Å². The van der Waals surface area contributed by atoms with E-state index in [-0.39, 0.29) is 17.9 Å². The van der Waals surface area contributed by atoms with E-state index in [0.29, 0.717) is 23.7 Å². The Hall–Kier alpha value is -1.20. The monoisotopic (exact) mass is 286 g/mol. The van der Waals surface area contributed by atoms with E-state index in [1.54, 1.807) is 14.0 Å². The van der Waals surface area contributed by atoms with Crippen LogP contribution in [0.15, 0.2) is 6.20 Å². The summed E-state index contributed by atoms with van der Waals surface area (Å²) in [6, 6.07) is 0. The van der Waals surface area contributed by atoms with E-state index in [9.17, 15) is 4.79 Å². The first-order valence-electron chi connectivity index (χ1n) is 6.16. The lowest BCUT2D eigenvalue weighted by Crippen LogP contribution is -2.17. The van der Waals surface area contributed by atoms with E-state index < -0.39 is 5.97 Å². The Morgan fingerprint density at radius 3 is 2.63 bits per heavy atom. The number of carbonyl (C=O) groups is 1. The van der Waals surface area contributed by atoms with Gasteiger partial charge in [-0.25, -0.2) is 14.8 Å². The van der Waals surface area contributed by atoms with Crippen LogP contribution in [0.2, 0.25) is 0 Å². The minimum absolute atomic E-state index is 0.123. The van der Waals surface area contributed by atoms with Crippen LogP contribution in [0.25, 0.3) is 0 Å². The number of methoxy groups -OCH3 is 1. The number of hydrogen-bond acceptors (Lipinski definition) is 5. The predicted octanol–water partition coefficient (Wildman–Crippen LogP) is 2.74. The molecule has 0 fully saturated rings. The molecule has 0 aliphatic carbocycles. The molecule has 5 nitrogen and oxygen atoms in total. The Bertz CT molecular complexity index is 438. The van der Waals surface area contributed by atoms with E-state index in [1.807, 2.05) is 13.8 Å². The van der Waals surface area contributed by atoms with Crippen molar-refractivity contribution in [3.8, 4) is 0 Å². The fourth-order valence-corrected chi connectivity index (χ4v) is 1.93.